The lowest BCUT2D eigenvalue weighted by Gasteiger charge is -2.12. The Labute approximate surface area is 109 Å². The molecule has 1 aliphatic rings. The van der Waals surface area contributed by atoms with Gasteiger partial charge in [-0.1, -0.05) is 11.6 Å². The molecule has 2 heterocycles. The average molecular weight is 266 g/mol. The van der Waals surface area contributed by atoms with Crippen molar-refractivity contribution >= 4 is 17.4 Å². The first-order chi connectivity index (χ1) is 8.72. The van der Waals surface area contributed by atoms with Crippen LogP contribution in [0.2, 0.25) is 5.02 Å². The Kier molecular flexibility index (Phi) is 2.56. The molecule has 0 amide bonds. The van der Waals surface area contributed by atoms with E-state index in [1.807, 2.05) is 6.07 Å². The third-order valence-electron chi connectivity index (χ3n) is 3.05. The van der Waals surface area contributed by atoms with Crippen molar-refractivity contribution in [2.24, 2.45) is 0 Å². The summed E-state index contributed by atoms with van der Waals surface area (Å²) < 4.78 is 10.9. The zero-order valence-electron chi connectivity index (χ0n) is 9.79. The standard InChI is InChI=1S/C12H12ClN3O2/c1-17-9-4-7(8-5-15-16-12(8)14)10(13)6-2-3-18-11(6)9/h4-5H,2-3H2,1H3,(H3,14,15,16). The van der Waals surface area contributed by atoms with E-state index in [4.69, 9.17) is 26.8 Å². The van der Waals surface area contributed by atoms with Crippen LogP contribution in [0.5, 0.6) is 11.5 Å². The molecule has 5 nitrogen and oxygen atoms in total. The normalized spacial score (nSPS) is 13.2. The van der Waals surface area contributed by atoms with E-state index >= 15 is 0 Å². The largest absolute Gasteiger partial charge is 0.493 e. The molecule has 0 saturated heterocycles. The molecule has 2 aromatic rings. The van der Waals surface area contributed by atoms with Gasteiger partial charge in [-0.05, 0) is 6.07 Å². The topological polar surface area (TPSA) is 73.2 Å². The lowest BCUT2D eigenvalue weighted by atomic mass is 10.0. The fourth-order valence-electron chi connectivity index (χ4n) is 2.17. The number of aromatic amines is 1. The van der Waals surface area contributed by atoms with Gasteiger partial charge in [-0.3, -0.25) is 5.10 Å². The molecule has 0 aliphatic carbocycles. The fourth-order valence-corrected chi connectivity index (χ4v) is 2.50. The molecule has 0 bridgehead atoms. The molecule has 0 atom stereocenters. The van der Waals surface area contributed by atoms with E-state index < -0.39 is 0 Å². The van der Waals surface area contributed by atoms with Crippen molar-refractivity contribution in [3.63, 3.8) is 0 Å². The molecule has 0 fully saturated rings. The lowest BCUT2D eigenvalue weighted by Crippen LogP contribution is -1.93. The Morgan fingerprint density at radius 3 is 3.00 bits per heavy atom. The molecule has 18 heavy (non-hydrogen) atoms. The van der Waals surface area contributed by atoms with Crippen molar-refractivity contribution in [3.8, 4) is 22.6 Å². The number of nitrogens with one attached hydrogen (secondary N) is 1. The molecule has 0 radical (unpaired) electrons. The van der Waals surface area contributed by atoms with E-state index in [-0.39, 0.29) is 0 Å². The van der Waals surface area contributed by atoms with Crippen molar-refractivity contribution in [3.05, 3.63) is 22.8 Å². The number of aromatic nitrogens is 2. The molecule has 3 N–H and O–H groups in total. The van der Waals surface area contributed by atoms with E-state index in [0.717, 1.165) is 28.9 Å². The molecule has 1 aromatic carbocycles. The maximum atomic E-state index is 6.41. The van der Waals surface area contributed by atoms with Crippen molar-refractivity contribution < 1.29 is 9.47 Å². The maximum Gasteiger partial charge on any atom is 0.166 e. The predicted molar refractivity (Wildman–Crippen MR) is 69.2 cm³/mol. The van der Waals surface area contributed by atoms with E-state index in [1.165, 1.54) is 0 Å². The first-order valence-corrected chi connectivity index (χ1v) is 5.91. The molecule has 0 spiro atoms. The molecule has 1 aliphatic heterocycles. The SMILES string of the molecule is COc1cc(-c2cn[nH]c2N)c(Cl)c2c1OCC2. The predicted octanol–water partition coefficient (Wildman–Crippen LogP) is 2.26. The molecule has 0 saturated carbocycles. The van der Waals surface area contributed by atoms with Crippen LogP contribution in [0.15, 0.2) is 12.3 Å². The van der Waals surface area contributed by atoms with Gasteiger partial charge in [0.15, 0.2) is 11.5 Å². The van der Waals surface area contributed by atoms with Gasteiger partial charge in [0.1, 0.15) is 5.82 Å². The Hall–Kier alpha value is -1.88. The monoisotopic (exact) mass is 265 g/mol. The van der Waals surface area contributed by atoms with Crippen LogP contribution in [-0.2, 0) is 6.42 Å². The summed E-state index contributed by atoms with van der Waals surface area (Å²) in [5.41, 5.74) is 8.37. The highest BCUT2D eigenvalue weighted by atomic mass is 35.5. The third kappa shape index (κ3) is 1.51. The highest BCUT2D eigenvalue weighted by molar-refractivity contribution is 6.34. The number of ether oxygens (including phenoxy) is 2. The summed E-state index contributed by atoms with van der Waals surface area (Å²) >= 11 is 6.41. The Morgan fingerprint density at radius 2 is 2.33 bits per heavy atom. The summed E-state index contributed by atoms with van der Waals surface area (Å²) in [7, 11) is 1.60. The molecule has 1 aromatic heterocycles. The quantitative estimate of drug-likeness (QED) is 0.874. The Morgan fingerprint density at radius 1 is 1.50 bits per heavy atom. The Bertz CT molecular complexity index is 610. The zero-order chi connectivity index (χ0) is 12.7. The highest BCUT2D eigenvalue weighted by Crippen LogP contribution is 2.46. The summed E-state index contributed by atoms with van der Waals surface area (Å²) in [5.74, 6) is 1.88. The molecule has 6 heteroatoms. The number of nitrogens with zero attached hydrogens (tertiary/aromatic N) is 1. The van der Waals surface area contributed by atoms with Crippen LogP contribution < -0.4 is 15.2 Å². The third-order valence-corrected chi connectivity index (χ3v) is 3.48. The number of rotatable bonds is 2. The average Bonchev–Trinajstić information content (AvgIpc) is 2.99. The van der Waals surface area contributed by atoms with Gasteiger partial charge in [-0.15, -0.1) is 0 Å². The number of H-pyrrole nitrogens is 1. The van der Waals surface area contributed by atoms with Gasteiger partial charge in [0, 0.05) is 23.1 Å². The molecule has 3 rings (SSSR count). The zero-order valence-corrected chi connectivity index (χ0v) is 10.5. The maximum absolute atomic E-state index is 6.41. The van der Waals surface area contributed by atoms with Crippen LogP contribution >= 0.6 is 11.6 Å². The van der Waals surface area contributed by atoms with Crippen molar-refractivity contribution in [2.75, 3.05) is 19.5 Å². The second-order valence-electron chi connectivity index (χ2n) is 4.04. The first-order valence-electron chi connectivity index (χ1n) is 5.53. The van der Waals surface area contributed by atoms with Gasteiger partial charge in [0.05, 0.1) is 24.9 Å². The number of halogens is 1. The van der Waals surface area contributed by atoms with Gasteiger partial charge in [-0.25, -0.2) is 0 Å². The van der Waals surface area contributed by atoms with Crippen molar-refractivity contribution in [2.45, 2.75) is 6.42 Å². The molecular weight excluding hydrogens is 254 g/mol. The van der Waals surface area contributed by atoms with Crippen LogP contribution in [0.25, 0.3) is 11.1 Å². The minimum atomic E-state index is 0.484. The minimum Gasteiger partial charge on any atom is -0.493 e. The van der Waals surface area contributed by atoms with Gasteiger partial charge in [-0.2, -0.15) is 5.10 Å². The summed E-state index contributed by atoms with van der Waals surface area (Å²) in [6.07, 6.45) is 2.42. The number of nitrogens with two attached hydrogens (primary N) is 1. The number of anilines is 1. The van der Waals surface area contributed by atoms with Gasteiger partial charge in [0.2, 0.25) is 0 Å². The summed E-state index contributed by atoms with van der Waals surface area (Å²) in [6.45, 7) is 0.621. The lowest BCUT2D eigenvalue weighted by molar-refractivity contribution is 0.326. The van der Waals surface area contributed by atoms with Gasteiger partial charge in [0.25, 0.3) is 0 Å². The minimum absolute atomic E-state index is 0.484. The van der Waals surface area contributed by atoms with Gasteiger partial charge < -0.3 is 15.2 Å². The number of hydrogen-bond acceptors (Lipinski definition) is 4. The van der Waals surface area contributed by atoms with Gasteiger partial charge >= 0.3 is 0 Å². The van der Waals surface area contributed by atoms with E-state index in [9.17, 15) is 0 Å². The Balaban J connectivity index is 2.25. The van der Waals surface area contributed by atoms with E-state index in [2.05, 4.69) is 10.2 Å². The second-order valence-corrected chi connectivity index (χ2v) is 4.42. The number of methoxy groups -OCH3 is 1. The van der Waals surface area contributed by atoms with Crippen LogP contribution in [0.4, 0.5) is 5.82 Å². The van der Waals surface area contributed by atoms with E-state index in [0.29, 0.717) is 23.2 Å². The van der Waals surface area contributed by atoms with Crippen molar-refractivity contribution in [1.29, 1.82) is 0 Å². The smallest absolute Gasteiger partial charge is 0.166 e. The molecular formula is C12H12ClN3O2. The number of hydrogen-bond donors (Lipinski definition) is 2. The number of nitrogen functional groups attached to an aromatic ring is 1. The first kappa shape index (κ1) is 11.2. The van der Waals surface area contributed by atoms with Crippen LogP contribution in [-0.4, -0.2) is 23.9 Å². The highest BCUT2D eigenvalue weighted by Gasteiger charge is 2.24. The fraction of sp³-hybridized carbons (Fsp3) is 0.250. The van der Waals surface area contributed by atoms with Crippen molar-refractivity contribution in [1.82, 2.24) is 10.2 Å². The summed E-state index contributed by atoms with van der Waals surface area (Å²) in [4.78, 5) is 0. The van der Waals surface area contributed by atoms with Crippen LogP contribution in [0, 0.1) is 0 Å². The van der Waals surface area contributed by atoms with E-state index in [1.54, 1.807) is 13.3 Å². The molecule has 94 valence electrons. The number of fused-ring (bicyclic) bond motifs is 1. The summed E-state index contributed by atoms with van der Waals surface area (Å²) in [6, 6.07) is 1.83. The van der Waals surface area contributed by atoms with Crippen LogP contribution in [0.1, 0.15) is 5.56 Å². The molecule has 0 unspecified atom stereocenters. The number of benzene rings is 1. The second kappa shape index (κ2) is 4.10. The van der Waals surface area contributed by atoms with Crippen LogP contribution in [0.3, 0.4) is 0 Å². The summed E-state index contributed by atoms with van der Waals surface area (Å²) in [5, 5.41) is 7.25.